The SMILES string of the molecule is CCCCCCCC(C)(O)/C=C/C(NC(=O)OCc1ccccc1)C(=O)NC(Cc1ccccc1)C(=O)N[C@@H](CC(C)C)C(N)=O. The topological polar surface area (TPSA) is 160 Å². The second-order valence-corrected chi connectivity index (χ2v) is 12.4. The summed E-state index contributed by atoms with van der Waals surface area (Å²) in [7, 11) is 0. The summed E-state index contributed by atoms with van der Waals surface area (Å²) < 4.78 is 5.35. The lowest BCUT2D eigenvalue weighted by Gasteiger charge is -2.25. The number of aliphatic hydroxyl groups is 1. The van der Waals surface area contributed by atoms with Crippen molar-refractivity contribution in [2.75, 3.05) is 0 Å². The standard InChI is InChI=1S/C36H52N4O6/c1-5-6-7-8-15-21-36(4,45)22-20-29(40-35(44)46-25-28-18-13-10-14-19-28)33(42)39-31(24-27-16-11-9-12-17-27)34(43)38-30(32(37)41)23-26(2)3/h9-14,16-20,22,26,29-31,45H,5-8,15,21,23-25H2,1-4H3,(H2,37,41)(H,38,43)(H,39,42)(H,40,44)/b22-20+/t29?,30-,31?,36?/m0/s1. The normalized spacial score (nSPS) is 14.6. The first-order valence-corrected chi connectivity index (χ1v) is 16.2. The number of amides is 4. The van der Waals surface area contributed by atoms with Crippen LogP contribution in [0.3, 0.4) is 0 Å². The Morgan fingerprint density at radius 1 is 0.848 bits per heavy atom. The molecule has 0 aliphatic heterocycles. The minimum Gasteiger partial charge on any atom is -0.445 e. The molecule has 6 N–H and O–H groups in total. The van der Waals surface area contributed by atoms with Gasteiger partial charge in [-0.15, -0.1) is 0 Å². The molecule has 10 heteroatoms. The fourth-order valence-corrected chi connectivity index (χ4v) is 4.88. The molecule has 0 saturated heterocycles. The number of hydrogen-bond acceptors (Lipinski definition) is 6. The first kappa shape index (κ1) is 38.0. The zero-order valence-corrected chi connectivity index (χ0v) is 27.7. The molecule has 252 valence electrons. The average Bonchev–Trinajstić information content (AvgIpc) is 3.02. The molecule has 0 saturated carbocycles. The Morgan fingerprint density at radius 3 is 2.02 bits per heavy atom. The van der Waals surface area contributed by atoms with Crippen LogP contribution in [0.25, 0.3) is 0 Å². The van der Waals surface area contributed by atoms with Gasteiger partial charge in [0.05, 0.1) is 5.60 Å². The molecule has 0 aromatic heterocycles. The monoisotopic (exact) mass is 636 g/mol. The zero-order valence-electron chi connectivity index (χ0n) is 27.7. The molecule has 0 heterocycles. The molecule has 0 aliphatic rings. The summed E-state index contributed by atoms with van der Waals surface area (Å²) in [5.74, 6) is -1.87. The van der Waals surface area contributed by atoms with Crippen LogP contribution in [-0.4, -0.2) is 52.6 Å². The molecule has 0 fully saturated rings. The maximum atomic E-state index is 13.7. The summed E-state index contributed by atoms with van der Waals surface area (Å²) >= 11 is 0. The van der Waals surface area contributed by atoms with E-state index in [0.29, 0.717) is 12.8 Å². The quantitative estimate of drug-likeness (QED) is 0.105. The largest absolute Gasteiger partial charge is 0.445 e. The number of nitrogens with two attached hydrogens (primary N) is 1. The van der Waals surface area contributed by atoms with Crippen LogP contribution in [0.5, 0.6) is 0 Å². The minimum absolute atomic E-state index is 0.0103. The number of ether oxygens (including phenoxy) is 1. The molecule has 2 aromatic rings. The third-order valence-corrected chi connectivity index (χ3v) is 7.49. The van der Waals surface area contributed by atoms with Crippen LogP contribution in [0.15, 0.2) is 72.8 Å². The summed E-state index contributed by atoms with van der Waals surface area (Å²) in [5.41, 5.74) is 5.88. The van der Waals surface area contributed by atoms with Gasteiger partial charge in [0.1, 0.15) is 24.7 Å². The van der Waals surface area contributed by atoms with Gasteiger partial charge in [0.25, 0.3) is 0 Å². The van der Waals surface area contributed by atoms with Gasteiger partial charge < -0.3 is 31.5 Å². The molecule has 0 bridgehead atoms. The predicted molar refractivity (Wildman–Crippen MR) is 179 cm³/mol. The van der Waals surface area contributed by atoms with E-state index in [4.69, 9.17) is 10.5 Å². The Hall–Kier alpha value is -4.18. The highest BCUT2D eigenvalue weighted by atomic mass is 16.5. The molecule has 0 spiro atoms. The van der Waals surface area contributed by atoms with Gasteiger partial charge in [0.2, 0.25) is 17.7 Å². The smallest absolute Gasteiger partial charge is 0.408 e. The first-order chi connectivity index (χ1) is 21.9. The molecule has 0 radical (unpaired) electrons. The van der Waals surface area contributed by atoms with Crippen molar-refractivity contribution in [2.24, 2.45) is 11.7 Å². The van der Waals surface area contributed by atoms with Crippen molar-refractivity contribution in [1.29, 1.82) is 0 Å². The number of primary amides is 1. The van der Waals surface area contributed by atoms with Crippen LogP contribution in [0.2, 0.25) is 0 Å². The maximum Gasteiger partial charge on any atom is 0.408 e. The van der Waals surface area contributed by atoms with Crippen molar-refractivity contribution >= 4 is 23.8 Å². The Morgan fingerprint density at radius 2 is 1.43 bits per heavy atom. The van der Waals surface area contributed by atoms with Gasteiger partial charge in [0, 0.05) is 6.42 Å². The van der Waals surface area contributed by atoms with Crippen LogP contribution in [0.1, 0.15) is 83.8 Å². The molecular formula is C36H52N4O6. The van der Waals surface area contributed by atoms with Crippen LogP contribution < -0.4 is 21.7 Å². The van der Waals surface area contributed by atoms with Crippen LogP contribution in [0.4, 0.5) is 4.79 Å². The number of hydrogen-bond donors (Lipinski definition) is 5. The van der Waals surface area contributed by atoms with E-state index >= 15 is 0 Å². The van der Waals surface area contributed by atoms with E-state index in [2.05, 4.69) is 22.9 Å². The molecule has 0 aliphatic carbocycles. The van der Waals surface area contributed by atoms with E-state index in [1.807, 2.05) is 62.4 Å². The molecule has 3 unspecified atom stereocenters. The van der Waals surface area contributed by atoms with E-state index < -0.39 is 47.5 Å². The van der Waals surface area contributed by atoms with E-state index in [1.165, 1.54) is 12.2 Å². The average molecular weight is 637 g/mol. The summed E-state index contributed by atoms with van der Waals surface area (Å²) in [6.45, 7) is 7.59. The summed E-state index contributed by atoms with van der Waals surface area (Å²) in [6.07, 6.45) is 8.09. The van der Waals surface area contributed by atoms with Gasteiger partial charge in [-0.3, -0.25) is 14.4 Å². The van der Waals surface area contributed by atoms with Crippen LogP contribution in [0, 0.1) is 5.92 Å². The Bertz CT molecular complexity index is 1250. The van der Waals surface area contributed by atoms with Gasteiger partial charge >= 0.3 is 6.09 Å². The van der Waals surface area contributed by atoms with Gasteiger partial charge in [0.15, 0.2) is 0 Å². The molecule has 46 heavy (non-hydrogen) atoms. The second kappa shape index (κ2) is 20.0. The molecule has 10 nitrogen and oxygen atoms in total. The highest BCUT2D eigenvalue weighted by Gasteiger charge is 2.30. The van der Waals surface area contributed by atoms with Crippen molar-refractivity contribution in [3.8, 4) is 0 Å². The van der Waals surface area contributed by atoms with Crippen molar-refractivity contribution in [3.05, 3.63) is 83.9 Å². The molecule has 4 atom stereocenters. The minimum atomic E-state index is -1.27. The highest BCUT2D eigenvalue weighted by Crippen LogP contribution is 2.18. The lowest BCUT2D eigenvalue weighted by molar-refractivity contribution is -0.131. The number of unbranched alkanes of at least 4 members (excludes halogenated alkanes) is 4. The zero-order chi connectivity index (χ0) is 34.0. The van der Waals surface area contributed by atoms with E-state index in [-0.39, 0.29) is 18.9 Å². The van der Waals surface area contributed by atoms with Crippen molar-refractivity contribution in [1.82, 2.24) is 16.0 Å². The van der Waals surface area contributed by atoms with Gasteiger partial charge in [-0.25, -0.2) is 4.79 Å². The number of carbonyl (C=O) groups is 4. The molecule has 4 amide bonds. The van der Waals surface area contributed by atoms with Gasteiger partial charge in [-0.1, -0.05) is 126 Å². The summed E-state index contributed by atoms with van der Waals surface area (Å²) in [4.78, 5) is 52.1. The fourth-order valence-electron chi connectivity index (χ4n) is 4.88. The lowest BCUT2D eigenvalue weighted by Crippen LogP contribution is -2.57. The Balaban J connectivity index is 2.27. The summed E-state index contributed by atoms with van der Waals surface area (Å²) in [5, 5.41) is 19.0. The predicted octanol–water partition coefficient (Wildman–Crippen LogP) is 4.69. The van der Waals surface area contributed by atoms with Crippen molar-refractivity contribution in [3.63, 3.8) is 0 Å². The Kier molecular flexibility index (Phi) is 16.6. The fraction of sp³-hybridized carbons (Fsp3) is 0.500. The van der Waals surface area contributed by atoms with Crippen LogP contribution >= 0.6 is 0 Å². The van der Waals surface area contributed by atoms with E-state index in [9.17, 15) is 24.3 Å². The van der Waals surface area contributed by atoms with Crippen LogP contribution in [-0.2, 0) is 32.1 Å². The third-order valence-electron chi connectivity index (χ3n) is 7.49. The number of alkyl carbamates (subject to hydrolysis) is 1. The van der Waals surface area contributed by atoms with Gasteiger partial charge in [-0.2, -0.15) is 0 Å². The van der Waals surface area contributed by atoms with Crippen molar-refractivity contribution in [2.45, 2.75) is 109 Å². The molecule has 2 aromatic carbocycles. The number of benzene rings is 2. The van der Waals surface area contributed by atoms with Crippen molar-refractivity contribution < 1.29 is 29.0 Å². The first-order valence-electron chi connectivity index (χ1n) is 16.2. The lowest BCUT2D eigenvalue weighted by atomic mass is 9.96. The third kappa shape index (κ3) is 15.2. The maximum absolute atomic E-state index is 13.7. The molecular weight excluding hydrogens is 584 g/mol. The summed E-state index contributed by atoms with van der Waals surface area (Å²) in [6, 6.07) is 14.9. The highest BCUT2D eigenvalue weighted by molar-refractivity contribution is 5.94. The van der Waals surface area contributed by atoms with E-state index in [1.54, 1.807) is 19.1 Å². The Labute approximate surface area is 273 Å². The van der Waals surface area contributed by atoms with Gasteiger partial charge in [-0.05, 0) is 36.8 Å². The number of rotatable bonds is 20. The second-order valence-electron chi connectivity index (χ2n) is 12.4. The molecule has 2 rings (SSSR count). The van der Waals surface area contributed by atoms with E-state index in [0.717, 1.165) is 43.2 Å². The number of nitrogens with one attached hydrogen (secondary N) is 3. The number of carbonyl (C=O) groups excluding carboxylic acids is 4.